The van der Waals surface area contributed by atoms with Crippen molar-refractivity contribution in [3.8, 4) is 28.7 Å². The molecule has 0 aliphatic heterocycles. The van der Waals surface area contributed by atoms with Gasteiger partial charge in [0, 0.05) is 28.6 Å². The van der Waals surface area contributed by atoms with Gasteiger partial charge in [0.2, 0.25) is 0 Å². The molecule has 0 fully saturated rings. The molecule has 2 heterocycles. The number of furan rings is 1. The van der Waals surface area contributed by atoms with E-state index in [2.05, 4.69) is 4.98 Å². The van der Waals surface area contributed by atoms with Gasteiger partial charge in [0.25, 0.3) is 5.69 Å². The number of nitrogens with zero attached hydrogens (tertiary/aromatic N) is 3. The topological polar surface area (TPSA) is 113 Å². The van der Waals surface area contributed by atoms with E-state index in [0.29, 0.717) is 22.0 Å². The van der Waals surface area contributed by atoms with Crippen molar-refractivity contribution in [3.05, 3.63) is 93.0 Å². The van der Waals surface area contributed by atoms with Gasteiger partial charge in [-0.2, -0.15) is 5.26 Å². The summed E-state index contributed by atoms with van der Waals surface area (Å²) in [5, 5.41) is 33.4. The standard InChI is InChI=1S/C22H13N3O4S/c23-12-17(22-24-18(13-30-22)14-5-2-1-3-6-14)21(26)20-10-9-19(29-20)15-7-4-8-16(11-15)25(27)28/h1-11,13,26H. The largest absolute Gasteiger partial charge is 0.503 e. The first kappa shape index (κ1) is 19.1. The number of non-ortho nitro benzene ring substituents is 1. The van der Waals surface area contributed by atoms with Crippen molar-refractivity contribution in [2.75, 3.05) is 0 Å². The average Bonchev–Trinajstić information content (AvgIpc) is 3.45. The number of nitro benzene ring substituents is 1. The van der Waals surface area contributed by atoms with Crippen LogP contribution >= 0.6 is 11.3 Å². The zero-order chi connectivity index (χ0) is 21.1. The van der Waals surface area contributed by atoms with Gasteiger partial charge in [0.05, 0.1) is 10.6 Å². The summed E-state index contributed by atoms with van der Waals surface area (Å²) in [5.41, 5.74) is 2.01. The number of nitro groups is 1. The maximum absolute atomic E-state index is 11.0. The fourth-order valence-corrected chi connectivity index (χ4v) is 3.67. The minimum absolute atomic E-state index is 0.0119. The molecule has 0 aliphatic carbocycles. The second kappa shape index (κ2) is 8.03. The lowest BCUT2D eigenvalue weighted by Gasteiger charge is -2.00. The van der Waals surface area contributed by atoms with Gasteiger partial charge in [-0.25, -0.2) is 4.98 Å². The van der Waals surface area contributed by atoms with E-state index in [0.717, 1.165) is 5.56 Å². The molecule has 2 aromatic heterocycles. The van der Waals surface area contributed by atoms with E-state index in [1.165, 1.54) is 29.5 Å². The molecule has 0 bridgehead atoms. The zero-order valence-electron chi connectivity index (χ0n) is 15.4. The SMILES string of the molecule is N#CC(=C(O)c1ccc(-c2cccc([N+](=O)[O-])c2)o1)c1nc(-c2ccccc2)cs1. The Balaban J connectivity index is 1.69. The molecule has 0 radical (unpaired) electrons. The Bertz CT molecular complexity index is 1300. The van der Waals surface area contributed by atoms with Crippen LogP contribution in [-0.2, 0) is 0 Å². The first-order valence-corrected chi connectivity index (χ1v) is 9.64. The minimum atomic E-state index is -0.495. The van der Waals surface area contributed by atoms with Crippen LogP contribution in [0.5, 0.6) is 0 Å². The van der Waals surface area contributed by atoms with Crippen molar-refractivity contribution in [1.29, 1.82) is 5.26 Å². The lowest BCUT2D eigenvalue weighted by Crippen LogP contribution is -1.89. The Hall–Kier alpha value is -4.22. The van der Waals surface area contributed by atoms with Gasteiger partial charge in [-0.3, -0.25) is 10.1 Å². The smallest absolute Gasteiger partial charge is 0.270 e. The van der Waals surface area contributed by atoms with E-state index in [1.54, 1.807) is 18.2 Å². The first-order valence-electron chi connectivity index (χ1n) is 8.76. The third-order valence-electron chi connectivity index (χ3n) is 4.32. The lowest BCUT2D eigenvalue weighted by molar-refractivity contribution is -0.384. The molecule has 1 N–H and O–H groups in total. The van der Waals surface area contributed by atoms with E-state index in [4.69, 9.17) is 4.42 Å². The number of benzene rings is 2. The van der Waals surface area contributed by atoms with Gasteiger partial charge in [-0.15, -0.1) is 11.3 Å². The van der Waals surface area contributed by atoms with Gasteiger partial charge in [0.1, 0.15) is 22.4 Å². The summed E-state index contributed by atoms with van der Waals surface area (Å²) in [5.74, 6) is 0.0642. The van der Waals surface area contributed by atoms with Crippen LogP contribution in [0.15, 0.2) is 76.5 Å². The van der Waals surface area contributed by atoms with Crippen molar-refractivity contribution in [1.82, 2.24) is 4.98 Å². The van der Waals surface area contributed by atoms with E-state index in [-0.39, 0.29) is 22.8 Å². The van der Waals surface area contributed by atoms with E-state index in [1.807, 2.05) is 41.8 Å². The summed E-state index contributed by atoms with van der Waals surface area (Å²) in [7, 11) is 0. The summed E-state index contributed by atoms with van der Waals surface area (Å²) in [6, 6.07) is 20.5. The van der Waals surface area contributed by atoms with Crippen LogP contribution < -0.4 is 0 Å². The maximum atomic E-state index is 11.0. The summed E-state index contributed by atoms with van der Waals surface area (Å²) in [6.07, 6.45) is 0. The van der Waals surface area contributed by atoms with Crippen LogP contribution in [0.3, 0.4) is 0 Å². The molecule has 0 saturated heterocycles. The molecular formula is C22H13N3O4S. The number of aliphatic hydroxyl groups excluding tert-OH is 1. The molecule has 146 valence electrons. The molecule has 0 spiro atoms. The molecule has 0 atom stereocenters. The predicted molar refractivity (Wildman–Crippen MR) is 113 cm³/mol. The summed E-state index contributed by atoms with van der Waals surface area (Å²) < 4.78 is 5.66. The number of hydrogen-bond donors (Lipinski definition) is 1. The van der Waals surface area contributed by atoms with Gasteiger partial charge in [-0.05, 0) is 12.1 Å². The Kier molecular flexibility index (Phi) is 5.11. The summed E-state index contributed by atoms with van der Waals surface area (Å²) in [6.45, 7) is 0. The maximum Gasteiger partial charge on any atom is 0.270 e. The Labute approximate surface area is 175 Å². The van der Waals surface area contributed by atoms with Crippen LogP contribution in [0.1, 0.15) is 10.8 Å². The first-order chi connectivity index (χ1) is 14.6. The average molecular weight is 415 g/mol. The molecule has 4 aromatic rings. The molecule has 0 unspecified atom stereocenters. The molecule has 2 aromatic carbocycles. The molecule has 8 heteroatoms. The highest BCUT2D eigenvalue weighted by Gasteiger charge is 2.18. The van der Waals surface area contributed by atoms with Gasteiger partial charge < -0.3 is 9.52 Å². The highest BCUT2D eigenvalue weighted by atomic mass is 32.1. The van der Waals surface area contributed by atoms with Crippen molar-refractivity contribution >= 4 is 28.4 Å². The van der Waals surface area contributed by atoms with E-state index < -0.39 is 4.92 Å². The molecule has 0 saturated carbocycles. The van der Waals surface area contributed by atoms with Crippen LogP contribution in [-0.4, -0.2) is 15.0 Å². The molecule has 0 amide bonds. The summed E-state index contributed by atoms with van der Waals surface area (Å²) >= 11 is 1.24. The van der Waals surface area contributed by atoms with Crippen molar-refractivity contribution in [3.63, 3.8) is 0 Å². The van der Waals surface area contributed by atoms with Crippen molar-refractivity contribution in [2.45, 2.75) is 0 Å². The van der Waals surface area contributed by atoms with Gasteiger partial charge in [-0.1, -0.05) is 42.5 Å². The number of aliphatic hydroxyl groups is 1. The fraction of sp³-hybridized carbons (Fsp3) is 0. The number of rotatable bonds is 5. The molecule has 4 rings (SSSR count). The van der Waals surface area contributed by atoms with E-state index in [9.17, 15) is 20.5 Å². The Morgan fingerprint density at radius 2 is 1.87 bits per heavy atom. The highest BCUT2D eigenvalue weighted by Crippen LogP contribution is 2.33. The van der Waals surface area contributed by atoms with E-state index >= 15 is 0 Å². The third kappa shape index (κ3) is 3.70. The number of thiazole rings is 1. The van der Waals surface area contributed by atoms with Crippen LogP contribution in [0.2, 0.25) is 0 Å². The lowest BCUT2D eigenvalue weighted by atomic mass is 10.1. The number of nitriles is 1. The number of hydrogen-bond acceptors (Lipinski definition) is 7. The molecule has 7 nitrogen and oxygen atoms in total. The van der Waals surface area contributed by atoms with Gasteiger partial charge >= 0.3 is 0 Å². The Morgan fingerprint density at radius 1 is 1.10 bits per heavy atom. The number of allylic oxidation sites excluding steroid dienone is 1. The zero-order valence-corrected chi connectivity index (χ0v) is 16.2. The molecular weight excluding hydrogens is 402 g/mol. The highest BCUT2D eigenvalue weighted by molar-refractivity contribution is 7.11. The quantitative estimate of drug-likeness (QED) is 0.187. The monoisotopic (exact) mass is 415 g/mol. The van der Waals surface area contributed by atoms with Crippen LogP contribution in [0, 0.1) is 21.4 Å². The fourth-order valence-electron chi connectivity index (χ4n) is 2.85. The Morgan fingerprint density at radius 3 is 2.60 bits per heavy atom. The molecule has 30 heavy (non-hydrogen) atoms. The third-order valence-corrected chi connectivity index (χ3v) is 5.18. The van der Waals surface area contributed by atoms with Crippen LogP contribution in [0.4, 0.5) is 5.69 Å². The summed E-state index contributed by atoms with van der Waals surface area (Å²) in [4.78, 5) is 14.9. The normalized spacial score (nSPS) is 11.6. The molecule has 0 aliphatic rings. The second-order valence-corrected chi connectivity index (χ2v) is 7.07. The van der Waals surface area contributed by atoms with Crippen molar-refractivity contribution < 1.29 is 14.4 Å². The number of aromatic nitrogens is 1. The van der Waals surface area contributed by atoms with Gasteiger partial charge in [0.15, 0.2) is 11.5 Å². The second-order valence-electron chi connectivity index (χ2n) is 6.21. The van der Waals surface area contributed by atoms with Crippen LogP contribution in [0.25, 0.3) is 33.9 Å². The minimum Gasteiger partial charge on any atom is -0.503 e. The predicted octanol–water partition coefficient (Wildman–Crippen LogP) is 5.93. The van der Waals surface area contributed by atoms with Crippen molar-refractivity contribution in [2.24, 2.45) is 0 Å².